The summed E-state index contributed by atoms with van der Waals surface area (Å²) in [5.41, 5.74) is 2.82. The molecule has 7 heteroatoms. The largest absolute Gasteiger partial charge is 0.445 e. The Balaban J connectivity index is 2.11. The van der Waals surface area contributed by atoms with Crippen LogP contribution in [0, 0.1) is 12.3 Å². The number of aryl methyl sites for hydroxylation is 1. The molecule has 0 bridgehead atoms. The fraction of sp³-hybridized carbons (Fsp3) is 0.316. The highest BCUT2D eigenvalue weighted by molar-refractivity contribution is 6.33. The molecule has 0 unspecified atom stereocenters. The van der Waals surface area contributed by atoms with E-state index in [1.807, 2.05) is 25.1 Å². The number of nitrogens with zero attached hydrogens (tertiary/aromatic N) is 2. The van der Waals surface area contributed by atoms with Crippen molar-refractivity contribution >= 4 is 35.0 Å². The summed E-state index contributed by atoms with van der Waals surface area (Å²) in [5, 5.41) is 3.18. The number of carbonyl (C=O) groups is 1. The number of aromatic nitrogens is 2. The molecular formula is C19H21Cl2N3O2. The van der Waals surface area contributed by atoms with Crippen molar-refractivity contribution < 1.29 is 9.53 Å². The van der Waals surface area contributed by atoms with Gasteiger partial charge in [-0.15, -0.1) is 0 Å². The molecule has 1 N–H and O–H groups in total. The van der Waals surface area contributed by atoms with Gasteiger partial charge in [-0.25, -0.2) is 14.8 Å². The molecule has 0 atom stereocenters. The van der Waals surface area contributed by atoms with Gasteiger partial charge >= 0.3 is 6.09 Å². The molecule has 1 amide bonds. The number of carbonyl (C=O) groups excluding carboxylic acids is 1. The third-order valence-corrected chi connectivity index (χ3v) is 3.84. The second-order valence-electron chi connectivity index (χ2n) is 6.86. The van der Waals surface area contributed by atoms with Gasteiger partial charge in [-0.05, 0) is 41.6 Å². The summed E-state index contributed by atoms with van der Waals surface area (Å²) in [7, 11) is 0. The van der Waals surface area contributed by atoms with Crippen molar-refractivity contribution in [3.8, 4) is 11.3 Å². The summed E-state index contributed by atoms with van der Waals surface area (Å²) >= 11 is 12.0. The van der Waals surface area contributed by atoms with Crippen LogP contribution in [0.1, 0.15) is 26.3 Å². The minimum Gasteiger partial charge on any atom is -0.445 e. The fourth-order valence-corrected chi connectivity index (χ4v) is 2.49. The molecule has 138 valence electrons. The number of allylic oxidation sites excluding steroid dienone is 1. The normalized spacial score (nSPS) is 11.6. The molecule has 0 radical (unpaired) electrons. The number of nitrogens with one attached hydrogen (secondary N) is 1. The summed E-state index contributed by atoms with van der Waals surface area (Å²) in [5.74, 6) is 0. The summed E-state index contributed by atoms with van der Waals surface area (Å²) in [6, 6.07) is 5.41. The summed E-state index contributed by atoms with van der Waals surface area (Å²) in [6.45, 7) is 8.34. The molecule has 1 aromatic heterocycles. The molecule has 0 fully saturated rings. The van der Waals surface area contributed by atoms with E-state index in [-0.39, 0.29) is 17.3 Å². The predicted molar refractivity (Wildman–Crippen MR) is 106 cm³/mol. The summed E-state index contributed by atoms with van der Waals surface area (Å²) < 4.78 is 5.15. The lowest BCUT2D eigenvalue weighted by molar-refractivity contribution is 0.174. The quantitative estimate of drug-likeness (QED) is 0.517. The summed E-state index contributed by atoms with van der Waals surface area (Å²) in [4.78, 5) is 20.0. The molecule has 26 heavy (non-hydrogen) atoms. The third kappa shape index (κ3) is 6.00. The lowest BCUT2D eigenvalue weighted by atomic mass is 9.96. The zero-order valence-corrected chi connectivity index (χ0v) is 16.6. The Morgan fingerprint density at radius 1 is 1.31 bits per heavy atom. The number of anilines is 1. The fourth-order valence-electron chi connectivity index (χ4n) is 2.17. The molecule has 1 aromatic carbocycles. The minimum atomic E-state index is -0.537. The van der Waals surface area contributed by atoms with E-state index >= 15 is 0 Å². The highest BCUT2D eigenvalue weighted by atomic mass is 35.5. The zero-order chi connectivity index (χ0) is 19.3. The molecular weight excluding hydrogens is 373 g/mol. The molecule has 2 rings (SSSR count). The average Bonchev–Trinajstić information content (AvgIpc) is 2.55. The molecule has 0 aliphatic heterocycles. The van der Waals surface area contributed by atoms with Crippen LogP contribution < -0.4 is 5.32 Å². The van der Waals surface area contributed by atoms with Crippen LogP contribution >= 0.6 is 23.2 Å². The molecule has 1 heterocycles. The number of halogens is 2. The van der Waals surface area contributed by atoms with E-state index in [1.54, 1.807) is 12.1 Å². The standard InChI is InChI=1S/C19H21Cl2N3O2/c1-12-6-7-13(23-18(25)26-9-5-8-19(2,3)4)10-14(12)16-15(20)11-22-17(21)24-16/h5-8,10-11H,9H2,1-4H3,(H,23,25). The maximum Gasteiger partial charge on any atom is 0.411 e. The zero-order valence-electron chi connectivity index (χ0n) is 15.1. The number of amides is 1. The van der Waals surface area contributed by atoms with E-state index in [0.717, 1.165) is 11.1 Å². The first-order valence-electron chi connectivity index (χ1n) is 8.06. The first-order valence-corrected chi connectivity index (χ1v) is 8.82. The van der Waals surface area contributed by atoms with Gasteiger partial charge in [0, 0.05) is 11.3 Å². The van der Waals surface area contributed by atoms with E-state index in [2.05, 4.69) is 36.1 Å². The van der Waals surface area contributed by atoms with Gasteiger partial charge in [0.25, 0.3) is 0 Å². The highest BCUT2D eigenvalue weighted by Crippen LogP contribution is 2.31. The van der Waals surface area contributed by atoms with E-state index in [9.17, 15) is 4.79 Å². The smallest absolute Gasteiger partial charge is 0.411 e. The topological polar surface area (TPSA) is 64.1 Å². The Kier molecular flexibility index (Phi) is 6.62. The van der Waals surface area contributed by atoms with Crippen molar-refractivity contribution in [3.05, 3.63) is 52.4 Å². The Morgan fingerprint density at radius 2 is 2.04 bits per heavy atom. The van der Waals surface area contributed by atoms with Crippen molar-refractivity contribution in [3.63, 3.8) is 0 Å². The van der Waals surface area contributed by atoms with Crippen LogP contribution in [0.15, 0.2) is 36.5 Å². The van der Waals surface area contributed by atoms with Gasteiger partial charge in [0.05, 0.1) is 16.9 Å². The third-order valence-electron chi connectivity index (χ3n) is 3.38. The lowest BCUT2D eigenvalue weighted by Gasteiger charge is -2.12. The van der Waals surface area contributed by atoms with Crippen LogP contribution in [0.25, 0.3) is 11.3 Å². The van der Waals surface area contributed by atoms with Gasteiger partial charge in [-0.3, -0.25) is 5.32 Å². The maximum absolute atomic E-state index is 12.0. The Morgan fingerprint density at radius 3 is 2.73 bits per heavy atom. The van der Waals surface area contributed by atoms with E-state index in [1.165, 1.54) is 6.20 Å². The first kappa shape index (κ1) is 20.2. The van der Waals surface area contributed by atoms with Crippen LogP contribution in [-0.4, -0.2) is 22.7 Å². The number of rotatable bonds is 4. The highest BCUT2D eigenvalue weighted by Gasteiger charge is 2.12. The van der Waals surface area contributed by atoms with Gasteiger partial charge in [0.1, 0.15) is 6.61 Å². The number of hydrogen-bond donors (Lipinski definition) is 1. The van der Waals surface area contributed by atoms with E-state index in [4.69, 9.17) is 27.9 Å². The van der Waals surface area contributed by atoms with Crippen LogP contribution in [0.4, 0.5) is 10.5 Å². The van der Waals surface area contributed by atoms with Crippen LogP contribution in [0.5, 0.6) is 0 Å². The monoisotopic (exact) mass is 393 g/mol. The van der Waals surface area contributed by atoms with Gasteiger partial charge in [0.15, 0.2) is 0 Å². The average molecular weight is 394 g/mol. The summed E-state index contributed by atoms with van der Waals surface area (Å²) in [6.07, 6.45) is 4.72. The molecule has 0 aliphatic rings. The molecule has 2 aromatic rings. The second-order valence-corrected chi connectivity index (χ2v) is 7.60. The lowest BCUT2D eigenvalue weighted by Crippen LogP contribution is -2.14. The Labute approximate surface area is 163 Å². The van der Waals surface area contributed by atoms with Gasteiger partial charge < -0.3 is 4.74 Å². The number of benzene rings is 1. The minimum absolute atomic E-state index is 0.0454. The Hall–Kier alpha value is -2.11. The van der Waals surface area contributed by atoms with Crippen LogP contribution in [0.2, 0.25) is 10.3 Å². The van der Waals surface area contributed by atoms with Crippen molar-refractivity contribution in [2.75, 3.05) is 11.9 Å². The van der Waals surface area contributed by atoms with Gasteiger partial charge in [-0.2, -0.15) is 0 Å². The molecule has 5 nitrogen and oxygen atoms in total. The molecule has 0 spiro atoms. The van der Waals surface area contributed by atoms with Gasteiger partial charge in [0.2, 0.25) is 5.28 Å². The molecule has 0 saturated carbocycles. The predicted octanol–water partition coefficient (Wildman–Crippen LogP) is 5.91. The van der Waals surface area contributed by atoms with Crippen LogP contribution in [-0.2, 0) is 4.74 Å². The maximum atomic E-state index is 12.0. The van der Waals surface area contributed by atoms with Gasteiger partial charge in [-0.1, -0.05) is 50.6 Å². The first-order chi connectivity index (χ1) is 12.2. The molecule has 0 aliphatic carbocycles. The van der Waals surface area contributed by atoms with E-state index in [0.29, 0.717) is 16.4 Å². The Bertz CT molecular complexity index is 830. The van der Waals surface area contributed by atoms with Crippen molar-refractivity contribution in [2.24, 2.45) is 5.41 Å². The van der Waals surface area contributed by atoms with Crippen molar-refractivity contribution in [2.45, 2.75) is 27.7 Å². The van der Waals surface area contributed by atoms with Crippen LogP contribution in [0.3, 0.4) is 0 Å². The second kappa shape index (κ2) is 8.52. The van der Waals surface area contributed by atoms with E-state index < -0.39 is 6.09 Å². The van der Waals surface area contributed by atoms with Crippen molar-refractivity contribution in [1.29, 1.82) is 0 Å². The number of hydrogen-bond acceptors (Lipinski definition) is 4. The molecule has 0 saturated heterocycles. The SMILES string of the molecule is Cc1ccc(NC(=O)OCC=CC(C)(C)C)cc1-c1nc(Cl)ncc1Cl. The number of ether oxygens (including phenoxy) is 1. The van der Waals surface area contributed by atoms with Crippen molar-refractivity contribution in [1.82, 2.24) is 9.97 Å².